The van der Waals surface area contributed by atoms with Crippen LogP contribution in [0.5, 0.6) is 0 Å². The molecule has 6 N–H and O–H groups in total. The fraction of sp³-hybridized carbons (Fsp3) is 0.338. The molecule has 1 unspecified atom stereocenters. The first-order chi connectivity index (χ1) is 46.7. The van der Waals surface area contributed by atoms with Gasteiger partial charge in [-0.2, -0.15) is 15.3 Å². The fourth-order valence-electron chi connectivity index (χ4n) is 10.7. The number of benzene rings is 3. The number of amides is 5. The largest absolute Gasteiger partial charge is 0.448 e. The molecule has 3 aliphatic carbocycles. The Bertz CT molecular complexity index is 4240. The summed E-state index contributed by atoms with van der Waals surface area (Å²) in [4.78, 5) is 75.4. The summed E-state index contributed by atoms with van der Waals surface area (Å²) in [5.41, 5.74) is 15.6. The van der Waals surface area contributed by atoms with Crippen LogP contribution in [-0.2, 0) is 23.7 Å². The lowest BCUT2D eigenvalue weighted by atomic mass is 10.0. The van der Waals surface area contributed by atoms with Crippen molar-refractivity contribution >= 4 is 46.8 Å². The number of anilines is 3. The van der Waals surface area contributed by atoms with Crippen molar-refractivity contribution in [2.75, 3.05) is 82.3 Å². The Morgan fingerprint density at radius 2 is 0.990 bits per heavy atom. The molecule has 6 aromatic heterocycles. The van der Waals surface area contributed by atoms with Gasteiger partial charge in [-0.05, 0) is 147 Å². The van der Waals surface area contributed by atoms with E-state index in [0.29, 0.717) is 99.7 Å². The van der Waals surface area contributed by atoms with Crippen LogP contribution in [0.1, 0.15) is 92.7 Å². The number of carbonyl (C=O) groups is 5. The van der Waals surface area contributed by atoms with E-state index < -0.39 is 0 Å². The average molecular weight is 1300 g/mol. The number of hydrogen-bond acceptors (Lipinski definition) is 17. The van der Waals surface area contributed by atoms with Crippen molar-refractivity contribution in [3.63, 3.8) is 0 Å². The molecule has 3 saturated carbocycles. The van der Waals surface area contributed by atoms with Crippen LogP contribution in [0.4, 0.5) is 21.9 Å². The van der Waals surface area contributed by atoms with Crippen molar-refractivity contribution in [2.45, 2.75) is 89.9 Å². The van der Waals surface area contributed by atoms with Crippen LogP contribution in [-0.4, -0.2) is 169 Å². The molecule has 25 heteroatoms. The molecule has 14 rings (SSSR count). The summed E-state index contributed by atoms with van der Waals surface area (Å²) in [6, 6.07) is 24.0. The number of pyridine rings is 3. The summed E-state index contributed by atoms with van der Waals surface area (Å²) in [5.74, 6) is -0.233. The highest BCUT2D eigenvalue weighted by molar-refractivity contribution is 5.98. The number of cyclic esters (lactones) is 1. The topological polar surface area (TPSA) is 290 Å². The van der Waals surface area contributed by atoms with Crippen LogP contribution < -0.4 is 31.9 Å². The van der Waals surface area contributed by atoms with Gasteiger partial charge in [0.05, 0.1) is 135 Å². The molecule has 5 aliphatic rings. The van der Waals surface area contributed by atoms with Crippen molar-refractivity contribution < 1.29 is 42.9 Å². The van der Waals surface area contributed by atoms with E-state index in [1.54, 1.807) is 81.7 Å². The van der Waals surface area contributed by atoms with Crippen LogP contribution in [0, 0.1) is 20.8 Å². The Balaban J connectivity index is 0.000000138. The smallest absolute Gasteiger partial charge is 0.409 e. The Labute approximate surface area is 555 Å². The lowest BCUT2D eigenvalue weighted by molar-refractivity contribution is -0.117. The van der Waals surface area contributed by atoms with E-state index >= 15 is 0 Å². The molecule has 8 heterocycles. The Kier molecular flexibility index (Phi) is 20.9. The number of nitrogens with one attached hydrogen (secondary N) is 6. The fourth-order valence-corrected chi connectivity index (χ4v) is 10.7. The first kappa shape index (κ1) is 65.4. The van der Waals surface area contributed by atoms with Gasteiger partial charge in [0.15, 0.2) is 0 Å². The molecule has 0 spiro atoms. The van der Waals surface area contributed by atoms with Gasteiger partial charge in [0.1, 0.15) is 6.61 Å². The number of aryl methyl sites for hydroxylation is 3. The molecule has 9 aromatic rings. The zero-order chi connectivity index (χ0) is 66.5. The molecular weight excluding hydrogens is 1220 g/mol. The standard InChI is InChI=1S/C24H26N6O3.C24H27N5O3.C23H25N5O3/c1-16-2-3-17(23(31)28-19-4-5-19)10-22(16)18-12-27-30(15-18)21-11-20(13-25-14-21)26-6-7-29-8-9-33-24(29)32;1-16-2-3-17(24(30)28-19-4-5-19)8-23(16)18-10-27-29(14-18)21-9-20(11-25-12-21)26-13-22-15-31-6-7-32-22;1-15-3-4-16(23(30)27-18-5-6-18)9-21(15)17-11-25-28(14-17)20-10-19(12-24-13-20)26-22(29)7-8-31-2/h2-3,10-15,19,26H,4-9H2,1H3,(H,28,31);2-3,8-12,14,19,22,26H,4-7,13,15H2,1H3,(H,28,30);3-4,9-14,18H,5-8H2,1-2H3,(H,26,29)(H,27,30). The summed E-state index contributed by atoms with van der Waals surface area (Å²) in [5, 5.41) is 32.1. The molecule has 5 fully saturated rings. The maximum atomic E-state index is 12.5. The minimum absolute atomic E-state index is 0.0172. The van der Waals surface area contributed by atoms with Crippen molar-refractivity contribution in [1.29, 1.82) is 0 Å². The van der Waals surface area contributed by atoms with Crippen molar-refractivity contribution in [1.82, 2.24) is 65.1 Å². The molecular formula is C71H78N16O9. The highest BCUT2D eigenvalue weighted by atomic mass is 16.6. The van der Waals surface area contributed by atoms with E-state index in [4.69, 9.17) is 18.9 Å². The first-order valence-electron chi connectivity index (χ1n) is 32.4. The van der Waals surface area contributed by atoms with E-state index in [-0.39, 0.29) is 42.2 Å². The maximum absolute atomic E-state index is 12.5. The third-order valence-corrected chi connectivity index (χ3v) is 16.7. The van der Waals surface area contributed by atoms with E-state index in [2.05, 4.69) is 62.1 Å². The highest BCUT2D eigenvalue weighted by Crippen LogP contribution is 2.31. The van der Waals surface area contributed by atoms with Crippen molar-refractivity contribution in [3.8, 4) is 50.4 Å². The van der Waals surface area contributed by atoms with Gasteiger partial charge in [0.25, 0.3) is 17.7 Å². The number of methoxy groups -OCH3 is 1. The predicted molar refractivity (Wildman–Crippen MR) is 362 cm³/mol. The average Bonchev–Trinajstić information content (AvgIpc) is 1.43. The molecule has 3 aromatic carbocycles. The molecule has 496 valence electrons. The van der Waals surface area contributed by atoms with Gasteiger partial charge in [0.2, 0.25) is 5.91 Å². The minimum Gasteiger partial charge on any atom is -0.448 e. The summed E-state index contributed by atoms with van der Waals surface area (Å²) < 4.78 is 26.2. The first-order valence-corrected chi connectivity index (χ1v) is 32.4. The summed E-state index contributed by atoms with van der Waals surface area (Å²) in [6.45, 7) is 11.2. The van der Waals surface area contributed by atoms with E-state index in [9.17, 15) is 24.0 Å². The molecule has 25 nitrogen and oxygen atoms in total. The molecule has 2 aliphatic heterocycles. The van der Waals surface area contributed by atoms with Crippen LogP contribution in [0.3, 0.4) is 0 Å². The molecule has 2 saturated heterocycles. The van der Waals surface area contributed by atoms with Crippen molar-refractivity contribution in [3.05, 3.63) is 181 Å². The number of hydrogen-bond donors (Lipinski definition) is 6. The second kappa shape index (κ2) is 30.6. The van der Waals surface area contributed by atoms with Gasteiger partial charge in [-0.25, -0.2) is 18.8 Å². The Morgan fingerprint density at radius 1 is 0.542 bits per heavy atom. The van der Waals surface area contributed by atoms with Crippen LogP contribution in [0.25, 0.3) is 50.4 Å². The molecule has 0 bridgehead atoms. The van der Waals surface area contributed by atoms with Gasteiger partial charge in [-0.1, -0.05) is 18.2 Å². The molecule has 1 atom stereocenters. The maximum Gasteiger partial charge on any atom is 0.409 e. The molecule has 5 amide bonds. The normalized spacial score (nSPS) is 15.6. The summed E-state index contributed by atoms with van der Waals surface area (Å²) >= 11 is 0. The van der Waals surface area contributed by atoms with Crippen LogP contribution >= 0.6 is 0 Å². The number of aromatic nitrogens is 9. The van der Waals surface area contributed by atoms with Crippen LogP contribution in [0.2, 0.25) is 0 Å². The number of rotatable bonds is 23. The molecule has 0 radical (unpaired) electrons. The Hall–Kier alpha value is -10.6. The highest BCUT2D eigenvalue weighted by Gasteiger charge is 2.27. The van der Waals surface area contributed by atoms with Crippen molar-refractivity contribution in [2.24, 2.45) is 0 Å². The quantitative estimate of drug-likeness (QED) is 0.0348. The summed E-state index contributed by atoms with van der Waals surface area (Å²) in [7, 11) is 1.56. The zero-order valence-corrected chi connectivity index (χ0v) is 54.1. The second-order valence-corrected chi connectivity index (χ2v) is 24.4. The van der Waals surface area contributed by atoms with E-state index in [0.717, 1.165) is 117 Å². The van der Waals surface area contributed by atoms with Gasteiger partial charge < -0.3 is 55.7 Å². The van der Waals surface area contributed by atoms with E-state index in [1.165, 1.54) is 0 Å². The SMILES string of the molecule is COCCC(=O)Nc1cncc(-n2cc(-c3cc(C(=O)NC4CC4)ccc3C)cn2)c1.Cc1ccc(C(=O)NC2CC2)cc1-c1cnn(-c2cncc(NCC3COCCO3)c2)c1.Cc1ccc(C(=O)NC2CC2)cc1-c1cnn(-c2cncc(NCCN3CCOC3=O)c2)c1. The third kappa shape index (κ3) is 17.6. The number of carbonyl (C=O) groups excluding carboxylic acids is 5. The number of nitrogens with zero attached hydrogens (tertiary/aromatic N) is 10. The summed E-state index contributed by atoms with van der Waals surface area (Å²) in [6.07, 6.45) is 27.9. The number of ether oxygens (including phenoxy) is 4. The monoisotopic (exact) mass is 1300 g/mol. The minimum atomic E-state index is -0.267. The zero-order valence-electron chi connectivity index (χ0n) is 54.1. The van der Waals surface area contributed by atoms with Crippen LogP contribution in [0.15, 0.2) is 147 Å². The third-order valence-electron chi connectivity index (χ3n) is 16.7. The van der Waals surface area contributed by atoms with E-state index in [1.807, 2.05) is 112 Å². The Morgan fingerprint density at radius 3 is 1.41 bits per heavy atom. The van der Waals surface area contributed by atoms with Gasteiger partial charge in [-0.15, -0.1) is 0 Å². The lowest BCUT2D eigenvalue weighted by Crippen LogP contribution is -2.34. The lowest BCUT2D eigenvalue weighted by Gasteiger charge is -2.23. The predicted octanol–water partition coefficient (Wildman–Crippen LogP) is 9.07. The van der Waals surface area contributed by atoms with Gasteiger partial charge >= 0.3 is 6.09 Å². The second-order valence-electron chi connectivity index (χ2n) is 24.4. The van der Waals surface area contributed by atoms with Gasteiger partial charge in [0, 0.05) is 96.8 Å². The van der Waals surface area contributed by atoms with Gasteiger partial charge in [-0.3, -0.25) is 34.1 Å². The molecule has 96 heavy (non-hydrogen) atoms.